The fraction of sp³-hybridized carbons (Fsp3) is 0.368. The molecule has 1 aliphatic carbocycles. The van der Waals surface area contributed by atoms with Gasteiger partial charge in [-0.15, -0.1) is 6.58 Å². The Labute approximate surface area is 159 Å². The minimum atomic E-state index is -3.60. The van der Waals surface area contributed by atoms with E-state index in [0.717, 1.165) is 18.5 Å². The lowest BCUT2D eigenvalue weighted by atomic mass is 9.87. The molecule has 1 amide bonds. The number of hydrogen-bond acceptors (Lipinski definition) is 4. The van der Waals surface area contributed by atoms with E-state index in [0.29, 0.717) is 17.3 Å². The molecule has 27 heavy (non-hydrogen) atoms. The van der Waals surface area contributed by atoms with E-state index in [-0.39, 0.29) is 17.3 Å². The molecular formula is C19H24N4O3S. The molecule has 0 bridgehead atoms. The summed E-state index contributed by atoms with van der Waals surface area (Å²) in [7, 11) is -3.60. The van der Waals surface area contributed by atoms with Crippen LogP contribution in [-0.4, -0.2) is 31.1 Å². The summed E-state index contributed by atoms with van der Waals surface area (Å²) in [5.41, 5.74) is 1.42. The molecule has 0 radical (unpaired) electrons. The number of carbonyl (C=O) groups is 1. The highest BCUT2D eigenvalue weighted by Crippen LogP contribution is 2.32. The van der Waals surface area contributed by atoms with Crippen molar-refractivity contribution >= 4 is 21.7 Å². The van der Waals surface area contributed by atoms with Gasteiger partial charge in [0.2, 0.25) is 10.0 Å². The van der Waals surface area contributed by atoms with Crippen molar-refractivity contribution < 1.29 is 13.2 Å². The molecule has 0 unspecified atom stereocenters. The maximum Gasteiger partial charge on any atom is 0.256 e. The molecule has 0 aliphatic heterocycles. The Kier molecular flexibility index (Phi) is 6.08. The molecule has 7 nitrogen and oxygen atoms in total. The summed E-state index contributed by atoms with van der Waals surface area (Å²) in [5.74, 6) is 0.620. The topological polar surface area (TPSA) is 104 Å². The van der Waals surface area contributed by atoms with Gasteiger partial charge in [0, 0.05) is 29.8 Å². The van der Waals surface area contributed by atoms with E-state index in [1.165, 1.54) is 49.6 Å². The molecule has 1 saturated carbocycles. The predicted octanol–water partition coefficient (Wildman–Crippen LogP) is 3.17. The Morgan fingerprint density at radius 2 is 1.93 bits per heavy atom. The molecule has 0 saturated heterocycles. The second kappa shape index (κ2) is 8.49. The van der Waals surface area contributed by atoms with Crippen LogP contribution in [0.2, 0.25) is 0 Å². The summed E-state index contributed by atoms with van der Waals surface area (Å²) in [6, 6.07) is 7.64. The van der Waals surface area contributed by atoms with Crippen molar-refractivity contribution in [2.24, 2.45) is 0 Å². The van der Waals surface area contributed by atoms with Crippen LogP contribution < -0.4 is 10.0 Å². The van der Waals surface area contributed by atoms with Crippen LogP contribution in [0, 0.1) is 0 Å². The van der Waals surface area contributed by atoms with Gasteiger partial charge >= 0.3 is 0 Å². The van der Waals surface area contributed by atoms with Crippen molar-refractivity contribution in [3.63, 3.8) is 0 Å². The zero-order valence-electron chi connectivity index (χ0n) is 15.1. The second-order valence-corrected chi connectivity index (χ2v) is 8.43. The zero-order valence-corrected chi connectivity index (χ0v) is 15.9. The molecular weight excluding hydrogens is 364 g/mol. The van der Waals surface area contributed by atoms with Gasteiger partial charge in [-0.2, -0.15) is 5.10 Å². The second-order valence-electron chi connectivity index (χ2n) is 6.66. The van der Waals surface area contributed by atoms with Gasteiger partial charge in [0.15, 0.2) is 5.82 Å². The number of nitrogens with zero attached hydrogens (tertiary/aromatic N) is 1. The third kappa shape index (κ3) is 4.84. The summed E-state index contributed by atoms with van der Waals surface area (Å²) in [5, 5.41) is 9.95. The lowest BCUT2D eigenvalue weighted by molar-refractivity contribution is 0.102. The fourth-order valence-electron chi connectivity index (χ4n) is 3.25. The first-order valence-electron chi connectivity index (χ1n) is 9.07. The molecule has 144 valence electrons. The lowest BCUT2D eigenvalue weighted by Crippen LogP contribution is -2.23. The smallest absolute Gasteiger partial charge is 0.256 e. The van der Waals surface area contributed by atoms with Crippen molar-refractivity contribution in [3.05, 3.63) is 54.2 Å². The molecule has 1 heterocycles. The highest BCUT2D eigenvalue weighted by atomic mass is 32.2. The first-order valence-corrected chi connectivity index (χ1v) is 10.6. The van der Waals surface area contributed by atoms with Gasteiger partial charge in [0.25, 0.3) is 5.91 Å². The molecule has 2 aromatic rings. The number of H-pyrrole nitrogens is 1. The Hall–Kier alpha value is -2.45. The highest BCUT2D eigenvalue weighted by Gasteiger charge is 2.19. The number of nitrogens with one attached hydrogen (secondary N) is 3. The van der Waals surface area contributed by atoms with Crippen molar-refractivity contribution in [3.8, 4) is 0 Å². The zero-order chi connectivity index (χ0) is 19.3. The van der Waals surface area contributed by atoms with Crippen molar-refractivity contribution in [2.75, 3.05) is 11.9 Å². The molecule has 0 spiro atoms. The van der Waals surface area contributed by atoms with E-state index < -0.39 is 10.0 Å². The molecule has 1 aromatic carbocycles. The molecule has 3 rings (SSSR count). The van der Waals surface area contributed by atoms with Gasteiger partial charge < -0.3 is 5.32 Å². The molecule has 3 N–H and O–H groups in total. The summed E-state index contributed by atoms with van der Waals surface area (Å²) >= 11 is 0. The van der Waals surface area contributed by atoms with Crippen molar-refractivity contribution in [1.29, 1.82) is 0 Å². The third-order valence-electron chi connectivity index (χ3n) is 4.73. The molecule has 0 atom stereocenters. The summed E-state index contributed by atoms with van der Waals surface area (Å²) in [4.78, 5) is 12.5. The third-order valence-corrected chi connectivity index (χ3v) is 6.17. The van der Waals surface area contributed by atoms with Gasteiger partial charge in [-0.25, -0.2) is 13.1 Å². The fourth-order valence-corrected chi connectivity index (χ4v) is 4.25. The number of anilines is 1. The van der Waals surface area contributed by atoms with Crippen LogP contribution in [-0.2, 0) is 10.0 Å². The predicted molar refractivity (Wildman–Crippen MR) is 104 cm³/mol. The van der Waals surface area contributed by atoms with Crippen LogP contribution >= 0.6 is 0 Å². The largest absolute Gasteiger partial charge is 0.305 e. The molecule has 8 heteroatoms. The van der Waals surface area contributed by atoms with Gasteiger partial charge in [0.05, 0.1) is 4.90 Å². The Morgan fingerprint density at radius 3 is 2.59 bits per heavy atom. The van der Waals surface area contributed by atoms with E-state index >= 15 is 0 Å². The SMILES string of the molecule is C=CCNS(=O)(=O)c1ccc(C(=O)Nc2cc(C3CCCCC3)[nH]n2)cc1. The number of amides is 1. The quantitative estimate of drug-likeness (QED) is 0.634. The summed E-state index contributed by atoms with van der Waals surface area (Å²) < 4.78 is 26.5. The van der Waals surface area contributed by atoms with Gasteiger partial charge in [0.1, 0.15) is 0 Å². The minimum Gasteiger partial charge on any atom is -0.305 e. The Bertz CT molecular complexity index is 897. The average Bonchev–Trinajstić information content (AvgIpc) is 3.16. The van der Waals surface area contributed by atoms with Gasteiger partial charge in [-0.3, -0.25) is 9.89 Å². The summed E-state index contributed by atoms with van der Waals surface area (Å²) in [6.45, 7) is 3.62. The number of rotatable bonds is 7. The normalized spacial score (nSPS) is 15.4. The highest BCUT2D eigenvalue weighted by molar-refractivity contribution is 7.89. The van der Waals surface area contributed by atoms with Crippen molar-refractivity contribution in [1.82, 2.24) is 14.9 Å². The standard InChI is InChI=1S/C19H24N4O3S/c1-2-12-20-27(25,26)16-10-8-15(9-11-16)19(24)21-18-13-17(22-23-18)14-6-4-3-5-7-14/h2,8-11,13-14,20H,1,3-7,12H2,(H2,21,22,23,24). The Morgan fingerprint density at radius 1 is 1.22 bits per heavy atom. The number of aromatic nitrogens is 2. The van der Waals surface area contributed by atoms with Crippen LogP contribution in [0.15, 0.2) is 47.9 Å². The van der Waals surface area contributed by atoms with E-state index in [4.69, 9.17) is 0 Å². The number of aromatic amines is 1. The number of carbonyl (C=O) groups excluding carboxylic acids is 1. The van der Waals surface area contributed by atoms with Crippen LogP contribution in [0.25, 0.3) is 0 Å². The Balaban J connectivity index is 1.64. The lowest BCUT2D eigenvalue weighted by Gasteiger charge is -2.19. The molecule has 1 aromatic heterocycles. The van der Waals surface area contributed by atoms with Crippen LogP contribution in [0.3, 0.4) is 0 Å². The van der Waals surface area contributed by atoms with Crippen molar-refractivity contribution in [2.45, 2.75) is 42.9 Å². The number of sulfonamides is 1. The van der Waals surface area contributed by atoms with E-state index in [1.54, 1.807) is 0 Å². The first kappa shape index (κ1) is 19.3. The monoisotopic (exact) mass is 388 g/mol. The van der Waals surface area contributed by atoms with Gasteiger partial charge in [-0.05, 0) is 37.1 Å². The van der Waals surface area contributed by atoms with Crippen LogP contribution in [0.1, 0.15) is 54.1 Å². The average molecular weight is 388 g/mol. The molecule has 1 fully saturated rings. The number of benzene rings is 1. The van der Waals surface area contributed by atoms with E-state index in [1.807, 2.05) is 6.07 Å². The number of hydrogen-bond donors (Lipinski definition) is 3. The van der Waals surface area contributed by atoms with E-state index in [2.05, 4.69) is 26.8 Å². The maximum atomic E-state index is 12.4. The first-order chi connectivity index (χ1) is 13.0. The van der Waals surface area contributed by atoms with Crippen LogP contribution in [0.5, 0.6) is 0 Å². The molecule has 1 aliphatic rings. The van der Waals surface area contributed by atoms with E-state index in [9.17, 15) is 13.2 Å². The van der Waals surface area contributed by atoms with Gasteiger partial charge in [-0.1, -0.05) is 25.3 Å². The summed E-state index contributed by atoms with van der Waals surface area (Å²) in [6.07, 6.45) is 7.48. The minimum absolute atomic E-state index is 0.0975. The van der Waals surface area contributed by atoms with Crippen LogP contribution in [0.4, 0.5) is 5.82 Å². The maximum absolute atomic E-state index is 12.4.